The number of likely N-dealkylation sites (tertiary alicyclic amines) is 1. The highest BCUT2D eigenvalue weighted by atomic mass is 127. The van der Waals surface area contributed by atoms with E-state index in [1.54, 1.807) is 0 Å². The van der Waals surface area contributed by atoms with Gasteiger partial charge in [0.25, 0.3) is 0 Å². The molecule has 1 aliphatic heterocycles. The molecule has 0 atom stereocenters. The van der Waals surface area contributed by atoms with E-state index in [1.165, 1.54) is 44.3 Å². The van der Waals surface area contributed by atoms with Gasteiger partial charge in [0.05, 0.1) is 13.2 Å². The summed E-state index contributed by atoms with van der Waals surface area (Å²) in [6.07, 6.45) is 5.23. The van der Waals surface area contributed by atoms with E-state index in [-0.39, 0.29) is 24.0 Å². The molecule has 6 heteroatoms. The number of hydrogen-bond donors (Lipinski definition) is 2. The fourth-order valence-electron chi connectivity index (χ4n) is 3.24. The molecule has 1 aromatic carbocycles. The van der Waals surface area contributed by atoms with E-state index in [9.17, 15) is 0 Å². The molecule has 1 heterocycles. The van der Waals surface area contributed by atoms with Crippen LogP contribution in [0.4, 0.5) is 0 Å². The number of nitrogens with zero attached hydrogens (tertiary/aromatic N) is 2. The summed E-state index contributed by atoms with van der Waals surface area (Å²) in [5.41, 5.74) is 1.21. The Kier molecular flexibility index (Phi) is 8.98. The SMILES string of the molecule is CN=C(NCCOCc1ccccc1)NC1CCN(C2CC2)CC1.I. The van der Waals surface area contributed by atoms with Crippen molar-refractivity contribution in [1.82, 2.24) is 15.5 Å². The number of aliphatic imine (C=N–C) groups is 1. The van der Waals surface area contributed by atoms with Crippen LogP contribution in [-0.4, -0.2) is 56.2 Å². The zero-order valence-electron chi connectivity index (χ0n) is 15.1. The van der Waals surface area contributed by atoms with Gasteiger partial charge in [-0.2, -0.15) is 0 Å². The Bertz CT molecular complexity index is 513. The van der Waals surface area contributed by atoms with Gasteiger partial charge in [0.1, 0.15) is 0 Å². The van der Waals surface area contributed by atoms with Gasteiger partial charge in [0.15, 0.2) is 5.96 Å². The molecule has 5 nitrogen and oxygen atoms in total. The van der Waals surface area contributed by atoms with Crippen LogP contribution in [0.25, 0.3) is 0 Å². The number of rotatable bonds is 7. The molecule has 1 saturated heterocycles. The number of halogens is 1. The van der Waals surface area contributed by atoms with Gasteiger partial charge in [-0.25, -0.2) is 0 Å². The lowest BCUT2D eigenvalue weighted by Gasteiger charge is -2.33. The van der Waals surface area contributed by atoms with Crippen molar-refractivity contribution in [3.8, 4) is 0 Å². The average Bonchev–Trinajstić information content (AvgIpc) is 3.47. The molecule has 3 rings (SSSR count). The molecule has 2 aliphatic rings. The largest absolute Gasteiger partial charge is 0.375 e. The quantitative estimate of drug-likeness (QED) is 0.286. The van der Waals surface area contributed by atoms with Crippen LogP contribution in [-0.2, 0) is 11.3 Å². The molecule has 1 aromatic rings. The molecule has 140 valence electrons. The Morgan fingerprint density at radius 2 is 1.88 bits per heavy atom. The third-order valence-electron chi connectivity index (χ3n) is 4.81. The normalized spacial score (nSPS) is 19.3. The van der Waals surface area contributed by atoms with Crippen molar-refractivity contribution >= 4 is 29.9 Å². The third-order valence-corrected chi connectivity index (χ3v) is 4.81. The van der Waals surface area contributed by atoms with Crippen LogP contribution >= 0.6 is 24.0 Å². The van der Waals surface area contributed by atoms with Gasteiger partial charge in [0, 0.05) is 38.8 Å². The van der Waals surface area contributed by atoms with Gasteiger partial charge >= 0.3 is 0 Å². The first-order chi connectivity index (χ1) is 11.8. The van der Waals surface area contributed by atoms with Crippen molar-refractivity contribution in [3.63, 3.8) is 0 Å². The molecule has 1 aliphatic carbocycles. The number of guanidine groups is 1. The predicted octanol–water partition coefficient (Wildman–Crippen LogP) is 2.61. The summed E-state index contributed by atoms with van der Waals surface area (Å²) in [4.78, 5) is 6.97. The van der Waals surface area contributed by atoms with E-state index in [2.05, 4.69) is 32.7 Å². The van der Waals surface area contributed by atoms with Crippen LogP contribution in [0.5, 0.6) is 0 Å². The Morgan fingerprint density at radius 1 is 1.16 bits per heavy atom. The van der Waals surface area contributed by atoms with Crippen LogP contribution in [0.3, 0.4) is 0 Å². The van der Waals surface area contributed by atoms with Crippen LogP contribution in [0.15, 0.2) is 35.3 Å². The van der Waals surface area contributed by atoms with E-state index >= 15 is 0 Å². The summed E-state index contributed by atoms with van der Waals surface area (Å²) >= 11 is 0. The maximum Gasteiger partial charge on any atom is 0.191 e. The zero-order chi connectivity index (χ0) is 16.6. The molecule has 2 fully saturated rings. The Morgan fingerprint density at radius 3 is 2.52 bits per heavy atom. The standard InChI is InChI=1S/C19H30N4O.HI/c1-20-19(21-11-14-24-15-16-5-3-2-4-6-16)22-17-9-12-23(13-10-17)18-7-8-18;/h2-6,17-18H,7-15H2,1H3,(H2,20,21,22);1H. The molecule has 0 spiro atoms. The van der Waals surface area contributed by atoms with E-state index in [0.29, 0.717) is 19.3 Å². The summed E-state index contributed by atoms with van der Waals surface area (Å²) in [5, 5.41) is 6.90. The number of piperidine rings is 1. The maximum absolute atomic E-state index is 5.70. The number of nitrogens with one attached hydrogen (secondary N) is 2. The lowest BCUT2D eigenvalue weighted by molar-refractivity contribution is 0.125. The summed E-state index contributed by atoms with van der Waals surface area (Å²) < 4.78 is 5.70. The minimum atomic E-state index is 0. The molecule has 0 amide bonds. The van der Waals surface area contributed by atoms with Crippen LogP contribution in [0, 0.1) is 0 Å². The topological polar surface area (TPSA) is 48.9 Å². The monoisotopic (exact) mass is 458 g/mol. The maximum atomic E-state index is 5.70. The summed E-state index contributed by atoms with van der Waals surface area (Å²) in [6.45, 7) is 4.55. The first kappa shape index (κ1) is 20.5. The first-order valence-corrected chi connectivity index (χ1v) is 9.18. The van der Waals surface area contributed by atoms with Gasteiger partial charge in [-0.3, -0.25) is 4.99 Å². The fourth-order valence-corrected chi connectivity index (χ4v) is 3.24. The lowest BCUT2D eigenvalue weighted by Crippen LogP contribution is -2.49. The van der Waals surface area contributed by atoms with Gasteiger partial charge in [0.2, 0.25) is 0 Å². The summed E-state index contributed by atoms with van der Waals surface area (Å²) in [7, 11) is 1.83. The number of hydrogen-bond acceptors (Lipinski definition) is 3. The lowest BCUT2D eigenvalue weighted by atomic mass is 10.1. The van der Waals surface area contributed by atoms with Gasteiger partial charge in [-0.05, 0) is 31.2 Å². The second kappa shape index (κ2) is 11.0. The van der Waals surface area contributed by atoms with Gasteiger partial charge in [-0.15, -0.1) is 24.0 Å². The minimum absolute atomic E-state index is 0. The molecule has 0 unspecified atom stereocenters. The average molecular weight is 458 g/mol. The Balaban J connectivity index is 0.00000225. The molecule has 0 aromatic heterocycles. The highest BCUT2D eigenvalue weighted by Crippen LogP contribution is 2.29. The molecule has 0 bridgehead atoms. The smallest absolute Gasteiger partial charge is 0.191 e. The predicted molar refractivity (Wildman–Crippen MR) is 114 cm³/mol. The van der Waals surface area contributed by atoms with E-state index in [1.807, 2.05) is 25.2 Å². The zero-order valence-corrected chi connectivity index (χ0v) is 17.4. The Hall–Kier alpha value is -0.860. The van der Waals surface area contributed by atoms with Crippen LogP contribution in [0.2, 0.25) is 0 Å². The van der Waals surface area contributed by atoms with Gasteiger partial charge < -0.3 is 20.3 Å². The van der Waals surface area contributed by atoms with Crippen molar-refractivity contribution in [1.29, 1.82) is 0 Å². The second-order valence-electron chi connectivity index (χ2n) is 6.72. The van der Waals surface area contributed by atoms with Crippen molar-refractivity contribution in [3.05, 3.63) is 35.9 Å². The highest BCUT2D eigenvalue weighted by Gasteiger charge is 2.31. The van der Waals surface area contributed by atoms with E-state index in [0.717, 1.165) is 18.5 Å². The molecule has 0 radical (unpaired) electrons. The molecule has 1 saturated carbocycles. The third kappa shape index (κ3) is 7.11. The Labute approximate surface area is 168 Å². The summed E-state index contributed by atoms with van der Waals surface area (Å²) in [6, 6.07) is 11.7. The number of ether oxygens (including phenoxy) is 1. The molecule has 2 N–H and O–H groups in total. The van der Waals surface area contributed by atoms with Crippen LogP contribution in [0.1, 0.15) is 31.2 Å². The van der Waals surface area contributed by atoms with Crippen molar-refractivity contribution in [2.75, 3.05) is 33.3 Å². The molecule has 25 heavy (non-hydrogen) atoms. The second-order valence-corrected chi connectivity index (χ2v) is 6.72. The van der Waals surface area contributed by atoms with Crippen molar-refractivity contribution in [2.24, 2.45) is 4.99 Å². The van der Waals surface area contributed by atoms with Crippen LogP contribution < -0.4 is 10.6 Å². The fraction of sp³-hybridized carbons (Fsp3) is 0.632. The van der Waals surface area contributed by atoms with E-state index in [4.69, 9.17) is 4.74 Å². The molecular weight excluding hydrogens is 427 g/mol. The first-order valence-electron chi connectivity index (χ1n) is 9.18. The molecular formula is C19H31IN4O. The summed E-state index contributed by atoms with van der Waals surface area (Å²) in [5.74, 6) is 0.892. The minimum Gasteiger partial charge on any atom is -0.375 e. The van der Waals surface area contributed by atoms with E-state index < -0.39 is 0 Å². The highest BCUT2D eigenvalue weighted by molar-refractivity contribution is 14.0. The van der Waals surface area contributed by atoms with Gasteiger partial charge in [-0.1, -0.05) is 30.3 Å². The van der Waals surface area contributed by atoms with Crippen molar-refractivity contribution in [2.45, 2.75) is 44.4 Å². The number of benzene rings is 1. The van der Waals surface area contributed by atoms with Crippen molar-refractivity contribution < 1.29 is 4.74 Å².